The molecule has 0 spiro atoms. The van der Waals surface area contributed by atoms with Crippen LogP contribution in [0.4, 0.5) is 5.69 Å². The number of non-ortho nitro benzene ring substituents is 1. The summed E-state index contributed by atoms with van der Waals surface area (Å²) in [5, 5.41) is 14.4. The summed E-state index contributed by atoms with van der Waals surface area (Å²) in [6.07, 6.45) is 2.58. The zero-order chi connectivity index (χ0) is 13.2. The van der Waals surface area contributed by atoms with Crippen LogP contribution >= 0.6 is 0 Å². The second-order valence-electron chi connectivity index (χ2n) is 5.58. The number of benzene rings is 1. The van der Waals surface area contributed by atoms with Crippen LogP contribution in [0.25, 0.3) is 0 Å². The van der Waals surface area contributed by atoms with E-state index in [0.717, 1.165) is 37.7 Å². The van der Waals surface area contributed by atoms with Crippen molar-refractivity contribution in [3.63, 3.8) is 0 Å². The van der Waals surface area contributed by atoms with E-state index in [9.17, 15) is 10.1 Å². The van der Waals surface area contributed by atoms with Crippen molar-refractivity contribution >= 4 is 5.69 Å². The summed E-state index contributed by atoms with van der Waals surface area (Å²) in [4.78, 5) is 12.9. The molecule has 2 heterocycles. The quantitative estimate of drug-likeness (QED) is 0.665. The fourth-order valence-electron chi connectivity index (χ4n) is 3.29. The maximum absolute atomic E-state index is 10.8. The van der Waals surface area contributed by atoms with Gasteiger partial charge in [0.25, 0.3) is 5.69 Å². The fourth-order valence-corrected chi connectivity index (χ4v) is 3.29. The zero-order valence-corrected chi connectivity index (χ0v) is 10.9. The third-order valence-electron chi connectivity index (χ3n) is 4.20. The summed E-state index contributed by atoms with van der Waals surface area (Å²) in [7, 11) is 0. The first-order valence-corrected chi connectivity index (χ1v) is 6.91. The molecule has 0 aliphatic carbocycles. The minimum Gasteiger partial charge on any atom is -0.312 e. The van der Waals surface area contributed by atoms with Gasteiger partial charge in [-0.05, 0) is 30.9 Å². The number of nitro benzene ring substituents is 1. The Morgan fingerprint density at radius 3 is 3.11 bits per heavy atom. The molecule has 0 radical (unpaired) electrons. The SMILES string of the molecule is O=[N+]([O-])c1cccc(CN2C[C@@H]3CCCN[C@@H]3C2)c1. The van der Waals surface area contributed by atoms with Crippen molar-refractivity contribution in [2.75, 3.05) is 19.6 Å². The third kappa shape index (κ3) is 2.77. The molecule has 0 saturated carbocycles. The molecule has 0 aromatic heterocycles. The molecule has 1 N–H and O–H groups in total. The van der Waals surface area contributed by atoms with E-state index >= 15 is 0 Å². The predicted molar refractivity (Wildman–Crippen MR) is 72.9 cm³/mol. The highest BCUT2D eigenvalue weighted by Gasteiger charge is 2.33. The summed E-state index contributed by atoms with van der Waals surface area (Å²) in [6, 6.07) is 7.61. The van der Waals surface area contributed by atoms with E-state index < -0.39 is 0 Å². The number of likely N-dealkylation sites (tertiary alicyclic amines) is 1. The molecule has 1 aromatic rings. The average molecular weight is 261 g/mol. The van der Waals surface area contributed by atoms with Crippen LogP contribution in [0.2, 0.25) is 0 Å². The molecule has 0 bridgehead atoms. The van der Waals surface area contributed by atoms with Crippen LogP contribution in [0, 0.1) is 16.0 Å². The standard InChI is InChI=1S/C14H19N3O2/c18-17(19)13-5-1-3-11(7-13)8-16-9-12-4-2-6-15-14(12)10-16/h1,3,5,7,12,14-15H,2,4,6,8-10H2/t12-,14+/m0/s1. The number of nitrogens with zero attached hydrogens (tertiary/aromatic N) is 2. The molecule has 5 nitrogen and oxygen atoms in total. The van der Waals surface area contributed by atoms with Gasteiger partial charge in [0.2, 0.25) is 0 Å². The Morgan fingerprint density at radius 1 is 1.42 bits per heavy atom. The van der Waals surface area contributed by atoms with Gasteiger partial charge in [-0.2, -0.15) is 0 Å². The number of hydrogen-bond acceptors (Lipinski definition) is 4. The van der Waals surface area contributed by atoms with Gasteiger partial charge < -0.3 is 5.32 Å². The Hall–Kier alpha value is -1.46. The minimum atomic E-state index is -0.325. The number of piperidine rings is 1. The molecule has 5 heteroatoms. The molecule has 2 fully saturated rings. The first-order valence-electron chi connectivity index (χ1n) is 6.91. The molecule has 3 rings (SSSR count). The van der Waals surface area contributed by atoms with Crippen LogP contribution in [0.3, 0.4) is 0 Å². The predicted octanol–water partition coefficient (Wildman–Crippen LogP) is 1.78. The van der Waals surface area contributed by atoms with E-state index in [4.69, 9.17) is 0 Å². The van der Waals surface area contributed by atoms with Crippen molar-refractivity contribution < 1.29 is 4.92 Å². The van der Waals surface area contributed by atoms with E-state index in [0.29, 0.717) is 6.04 Å². The Bertz CT molecular complexity index is 464. The molecule has 2 aliphatic heterocycles. The minimum absolute atomic E-state index is 0.187. The summed E-state index contributed by atoms with van der Waals surface area (Å²) in [6.45, 7) is 4.12. The van der Waals surface area contributed by atoms with Crippen LogP contribution in [0.1, 0.15) is 18.4 Å². The van der Waals surface area contributed by atoms with Crippen molar-refractivity contribution in [1.29, 1.82) is 0 Å². The zero-order valence-electron chi connectivity index (χ0n) is 10.9. The van der Waals surface area contributed by atoms with E-state index in [1.54, 1.807) is 18.2 Å². The highest BCUT2D eigenvalue weighted by Crippen LogP contribution is 2.26. The highest BCUT2D eigenvalue weighted by molar-refractivity contribution is 5.34. The van der Waals surface area contributed by atoms with Gasteiger partial charge in [-0.15, -0.1) is 0 Å². The molecule has 19 heavy (non-hydrogen) atoms. The van der Waals surface area contributed by atoms with Crippen LogP contribution in [0.5, 0.6) is 0 Å². The van der Waals surface area contributed by atoms with Gasteiger partial charge in [0, 0.05) is 37.8 Å². The lowest BCUT2D eigenvalue weighted by molar-refractivity contribution is -0.384. The molecular weight excluding hydrogens is 242 g/mol. The smallest absolute Gasteiger partial charge is 0.269 e. The van der Waals surface area contributed by atoms with Crippen molar-refractivity contribution in [2.45, 2.75) is 25.4 Å². The molecule has 102 valence electrons. The van der Waals surface area contributed by atoms with Crippen LogP contribution < -0.4 is 5.32 Å². The molecule has 2 atom stereocenters. The maximum Gasteiger partial charge on any atom is 0.269 e. The average Bonchev–Trinajstić information content (AvgIpc) is 2.81. The maximum atomic E-state index is 10.8. The number of nitro groups is 1. The lowest BCUT2D eigenvalue weighted by atomic mass is 9.94. The first kappa shape index (κ1) is 12.6. The molecule has 1 aromatic carbocycles. The Morgan fingerprint density at radius 2 is 2.32 bits per heavy atom. The van der Waals surface area contributed by atoms with Gasteiger partial charge in [0.1, 0.15) is 0 Å². The van der Waals surface area contributed by atoms with Gasteiger partial charge in [0.15, 0.2) is 0 Å². The normalized spacial score (nSPS) is 27.2. The van der Waals surface area contributed by atoms with Crippen molar-refractivity contribution in [1.82, 2.24) is 10.2 Å². The molecule has 0 unspecified atom stereocenters. The number of nitrogens with one attached hydrogen (secondary N) is 1. The topological polar surface area (TPSA) is 58.4 Å². The summed E-state index contributed by atoms with van der Waals surface area (Å²) in [5.41, 5.74) is 1.22. The fraction of sp³-hybridized carbons (Fsp3) is 0.571. The molecule has 2 aliphatic rings. The lowest BCUT2D eigenvalue weighted by Crippen LogP contribution is -2.40. The summed E-state index contributed by atoms with van der Waals surface area (Å²) in [5.74, 6) is 0.757. The number of rotatable bonds is 3. The summed E-state index contributed by atoms with van der Waals surface area (Å²) >= 11 is 0. The monoisotopic (exact) mass is 261 g/mol. The van der Waals surface area contributed by atoms with Gasteiger partial charge in [-0.1, -0.05) is 12.1 Å². The van der Waals surface area contributed by atoms with Gasteiger partial charge in [-0.25, -0.2) is 0 Å². The second-order valence-corrected chi connectivity index (χ2v) is 5.58. The Labute approximate surface area is 112 Å². The second kappa shape index (κ2) is 5.27. The number of hydrogen-bond donors (Lipinski definition) is 1. The van der Waals surface area contributed by atoms with Gasteiger partial charge in [-0.3, -0.25) is 15.0 Å². The largest absolute Gasteiger partial charge is 0.312 e. The highest BCUT2D eigenvalue weighted by atomic mass is 16.6. The van der Waals surface area contributed by atoms with Crippen LogP contribution in [0.15, 0.2) is 24.3 Å². The van der Waals surface area contributed by atoms with Crippen molar-refractivity contribution in [3.8, 4) is 0 Å². The first-order chi connectivity index (χ1) is 9.22. The lowest BCUT2D eigenvalue weighted by Gasteiger charge is -2.24. The Balaban J connectivity index is 1.65. The molecular formula is C14H19N3O2. The van der Waals surface area contributed by atoms with Gasteiger partial charge in [0.05, 0.1) is 4.92 Å². The third-order valence-corrected chi connectivity index (χ3v) is 4.20. The van der Waals surface area contributed by atoms with Crippen molar-refractivity contribution in [2.24, 2.45) is 5.92 Å². The van der Waals surface area contributed by atoms with Crippen LogP contribution in [-0.4, -0.2) is 35.5 Å². The summed E-state index contributed by atoms with van der Waals surface area (Å²) < 4.78 is 0. The Kier molecular flexibility index (Phi) is 3.48. The van der Waals surface area contributed by atoms with Crippen molar-refractivity contribution in [3.05, 3.63) is 39.9 Å². The van der Waals surface area contributed by atoms with Crippen LogP contribution in [-0.2, 0) is 6.54 Å². The molecule has 0 amide bonds. The van der Waals surface area contributed by atoms with E-state index in [-0.39, 0.29) is 10.6 Å². The molecule has 2 saturated heterocycles. The van der Waals surface area contributed by atoms with Gasteiger partial charge >= 0.3 is 0 Å². The van der Waals surface area contributed by atoms with E-state index in [2.05, 4.69) is 10.2 Å². The van der Waals surface area contributed by atoms with E-state index in [1.165, 1.54) is 12.8 Å². The van der Waals surface area contributed by atoms with E-state index in [1.807, 2.05) is 6.07 Å². The number of fused-ring (bicyclic) bond motifs is 1.